The average Bonchev–Trinajstić information content (AvgIpc) is 3.25. The Kier molecular flexibility index (Phi) is 12.3. The van der Waals surface area contributed by atoms with Crippen LogP contribution in [0.4, 0.5) is 4.79 Å². The van der Waals surface area contributed by atoms with E-state index < -0.39 is 0 Å². The maximum atomic E-state index is 11.9. The van der Waals surface area contributed by atoms with Crippen LogP contribution in [-0.2, 0) is 23.8 Å². The number of fused-ring (bicyclic) bond motifs is 1. The second-order valence-electron chi connectivity index (χ2n) is 6.93. The highest BCUT2D eigenvalue weighted by Crippen LogP contribution is 2.33. The molecule has 0 radical (unpaired) electrons. The lowest BCUT2D eigenvalue weighted by Gasteiger charge is -2.16. The summed E-state index contributed by atoms with van der Waals surface area (Å²) in [6.07, 6.45) is 3.39. The Morgan fingerprint density at radius 2 is 1.72 bits per heavy atom. The van der Waals surface area contributed by atoms with Gasteiger partial charge in [0, 0.05) is 24.0 Å². The van der Waals surface area contributed by atoms with E-state index in [0.717, 1.165) is 25.0 Å². The number of carbonyl (C=O) groups excluding carboxylic acids is 2. The molecule has 1 unspecified atom stereocenters. The molecule has 0 aromatic heterocycles. The Bertz CT molecular complexity index is 487. The van der Waals surface area contributed by atoms with Gasteiger partial charge in [-0.15, -0.1) is 0 Å². The van der Waals surface area contributed by atoms with Gasteiger partial charge in [0.2, 0.25) is 5.91 Å². The zero-order chi connectivity index (χ0) is 20.7. The number of nitrogens with two attached hydrogens (primary N) is 1. The maximum Gasteiger partial charge on any atom is 0.315 e. The normalized spacial score (nSPS) is 22.9. The molecule has 5 N–H and O–H groups in total. The first-order valence-corrected chi connectivity index (χ1v) is 11.3. The molecule has 0 aromatic carbocycles. The summed E-state index contributed by atoms with van der Waals surface area (Å²) in [5.41, 5.74) is 0. The van der Waals surface area contributed by atoms with Gasteiger partial charge in [-0.05, 0) is 12.8 Å². The van der Waals surface area contributed by atoms with Gasteiger partial charge in [-0.2, -0.15) is 11.8 Å². The Morgan fingerprint density at radius 3 is 2.45 bits per heavy atom. The van der Waals surface area contributed by atoms with Gasteiger partial charge in [0.15, 0.2) is 0 Å². The molecule has 11 heteroatoms. The third-order valence-electron chi connectivity index (χ3n) is 4.74. The number of amides is 3. The monoisotopic (exact) mass is 434 g/mol. The van der Waals surface area contributed by atoms with Crippen molar-refractivity contribution in [1.29, 1.82) is 0 Å². The smallest absolute Gasteiger partial charge is 0.315 e. The van der Waals surface area contributed by atoms with Gasteiger partial charge >= 0.3 is 6.03 Å². The predicted molar refractivity (Wildman–Crippen MR) is 110 cm³/mol. The van der Waals surface area contributed by atoms with Gasteiger partial charge in [0.1, 0.15) is 0 Å². The van der Waals surface area contributed by atoms with Crippen molar-refractivity contribution >= 4 is 23.7 Å². The van der Waals surface area contributed by atoms with Crippen LogP contribution in [0.5, 0.6) is 0 Å². The minimum absolute atomic E-state index is 0.0521. The molecule has 3 amide bonds. The molecule has 29 heavy (non-hydrogen) atoms. The second kappa shape index (κ2) is 14.8. The number of thioether (sulfide) groups is 1. The van der Waals surface area contributed by atoms with E-state index in [-0.39, 0.29) is 24.0 Å². The summed E-state index contributed by atoms with van der Waals surface area (Å²) in [5.74, 6) is 5.89. The van der Waals surface area contributed by atoms with Gasteiger partial charge in [-0.3, -0.25) is 4.79 Å². The Hall–Kier alpha value is -1.11. The summed E-state index contributed by atoms with van der Waals surface area (Å²) in [4.78, 5) is 27.6. The molecule has 2 fully saturated rings. The molecule has 2 heterocycles. The van der Waals surface area contributed by atoms with Crippen molar-refractivity contribution in [2.75, 3.05) is 58.5 Å². The van der Waals surface area contributed by atoms with Crippen LogP contribution in [0, 0.1) is 0 Å². The van der Waals surface area contributed by atoms with Crippen LogP contribution < -0.4 is 21.8 Å². The van der Waals surface area contributed by atoms with Gasteiger partial charge in [-0.1, -0.05) is 6.42 Å². The number of urea groups is 1. The van der Waals surface area contributed by atoms with Crippen LogP contribution in [0.15, 0.2) is 0 Å². The number of carbonyl (C=O) groups is 2. The molecule has 2 saturated heterocycles. The minimum Gasteiger partial charge on any atom is -0.377 e. The summed E-state index contributed by atoms with van der Waals surface area (Å²) in [6.45, 7) is 3.74. The van der Waals surface area contributed by atoms with Gasteiger partial charge in [-0.25, -0.2) is 10.7 Å². The van der Waals surface area contributed by atoms with E-state index >= 15 is 0 Å². The molecule has 0 aliphatic carbocycles. The van der Waals surface area contributed by atoms with Crippen LogP contribution in [0.2, 0.25) is 0 Å². The van der Waals surface area contributed by atoms with Crippen molar-refractivity contribution in [2.24, 2.45) is 5.90 Å². The summed E-state index contributed by atoms with van der Waals surface area (Å²) in [5, 5.41) is 9.25. The molecule has 2 rings (SSSR count). The molecule has 0 aromatic rings. The fraction of sp³-hybridized carbons (Fsp3) is 0.889. The van der Waals surface area contributed by atoms with Crippen molar-refractivity contribution in [1.82, 2.24) is 16.0 Å². The topological polar surface area (TPSA) is 133 Å². The van der Waals surface area contributed by atoms with Crippen molar-refractivity contribution in [3.8, 4) is 0 Å². The first-order valence-electron chi connectivity index (χ1n) is 10.2. The highest BCUT2D eigenvalue weighted by molar-refractivity contribution is 8.00. The number of unbranched alkanes of at least 4 members (excludes halogenated alkanes) is 1. The molecule has 10 nitrogen and oxygen atoms in total. The van der Waals surface area contributed by atoms with E-state index in [1.807, 2.05) is 11.8 Å². The quantitative estimate of drug-likeness (QED) is 0.140. The summed E-state index contributed by atoms with van der Waals surface area (Å²) < 4.78 is 16.0. The molecule has 0 saturated carbocycles. The van der Waals surface area contributed by atoms with E-state index in [4.69, 9.17) is 20.1 Å². The highest BCUT2D eigenvalue weighted by Gasteiger charge is 2.42. The van der Waals surface area contributed by atoms with E-state index in [1.165, 1.54) is 0 Å². The first-order chi connectivity index (χ1) is 14.2. The van der Waals surface area contributed by atoms with Crippen LogP contribution in [0.25, 0.3) is 0 Å². The van der Waals surface area contributed by atoms with E-state index in [2.05, 4.69) is 20.8 Å². The van der Waals surface area contributed by atoms with Crippen LogP contribution in [0.3, 0.4) is 0 Å². The zero-order valence-corrected chi connectivity index (χ0v) is 17.7. The lowest BCUT2D eigenvalue weighted by Crippen LogP contribution is -2.36. The predicted octanol–water partition coefficient (Wildman–Crippen LogP) is -0.231. The third-order valence-corrected chi connectivity index (χ3v) is 6.25. The van der Waals surface area contributed by atoms with Crippen molar-refractivity contribution in [3.63, 3.8) is 0 Å². The molecule has 3 atom stereocenters. The van der Waals surface area contributed by atoms with Gasteiger partial charge in [0.05, 0.1) is 58.3 Å². The highest BCUT2D eigenvalue weighted by atomic mass is 32.2. The Balaban J connectivity index is 1.33. The molecule has 0 bridgehead atoms. The van der Waals surface area contributed by atoms with Crippen LogP contribution in [0.1, 0.15) is 25.7 Å². The Morgan fingerprint density at radius 1 is 1.03 bits per heavy atom. The number of hydrogen-bond acceptors (Lipinski definition) is 8. The fourth-order valence-electron chi connectivity index (χ4n) is 3.27. The molecule has 168 valence electrons. The lowest BCUT2D eigenvalue weighted by molar-refractivity contribution is -0.121. The lowest BCUT2D eigenvalue weighted by atomic mass is 10.0. The number of nitrogens with one attached hydrogen (secondary N) is 3. The minimum atomic E-state index is -0.0543. The average molecular weight is 435 g/mol. The van der Waals surface area contributed by atoms with E-state index in [1.54, 1.807) is 0 Å². The van der Waals surface area contributed by atoms with Crippen LogP contribution >= 0.6 is 11.8 Å². The molecular weight excluding hydrogens is 400 g/mol. The largest absolute Gasteiger partial charge is 0.377 e. The number of rotatable bonds is 17. The van der Waals surface area contributed by atoms with Gasteiger partial charge in [0.25, 0.3) is 0 Å². The Labute approximate surface area is 176 Å². The second-order valence-corrected chi connectivity index (χ2v) is 8.20. The maximum absolute atomic E-state index is 11.9. The molecule has 0 spiro atoms. The summed E-state index contributed by atoms with van der Waals surface area (Å²) >= 11 is 1.90. The van der Waals surface area contributed by atoms with Crippen molar-refractivity contribution in [2.45, 2.75) is 43.0 Å². The SMILES string of the molecule is NOCCOCCOCCOCCNC(=O)CCCCC1SC[C@H]2NC(=O)N[C@@H]12. The first kappa shape index (κ1) is 24.2. The number of ether oxygens (including phenoxy) is 3. The van der Waals surface area contributed by atoms with E-state index in [0.29, 0.717) is 64.5 Å². The van der Waals surface area contributed by atoms with Crippen LogP contribution in [-0.4, -0.2) is 87.8 Å². The summed E-state index contributed by atoms with van der Waals surface area (Å²) in [6, 6.07) is 0.443. The standard InChI is InChI=1S/C18H34N4O6S/c19-28-12-11-27-10-9-26-8-7-25-6-5-20-16(23)4-2-1-3-15-17-14(13-29-15)21-18(24)22-17/h14-15,17H,1-13,19H2,(H,20,23)(H2,21,22,24)/t14-,15?,17-/m1/s1. The van der Waals surface area contributed by atoms with Gasteiger partial charge < -0.3 is 35.0 Å². The van der Waals surface area contributed by atoms with Crippen molar-refractivity contribution in [3.05, 3.63) is 0 Å². The van der Waals surface area contributed by atoms with E-state index in [9.17, 15) is 9.59 Å². The molecule has 2 aliphatic heterocycles. The molecule has 2 aliphatic rings. The number of hydrogen-bond donors (Lipinski definition) is 4. The summed E-state index contributed by atoms with van der Waals surface area (Å²) in [7, 11) is 0. The molecular formula is C18H34N4O6S. The fourth-order valence-corrected chi connectivity index (χ4v) is 4.82. The third kappa shape index (κ3) is 9.96. The van der Waals surface area contributed by atoms with Crippen molar-refractivity contribution < 1.29 is 28.6 Å². The zero-order valence-electron chi connectivity index (χ0n) is 16.9.